The highest BCUT2D eigenvalue weighted by molar-refractivity contribution is 5.80. The van der Waals surface area contributed by atoms with Gasteiger partial charge in [0.15, 0.2) is 6.04 Å². The summed E-state index contributed by atoms with van der Waals surface area (Å²) >= 11 is 0. The fraction of sp³-hybridized carbons (Fsp3) is 0.474. The second-order valence-corrected chi connectivity index (χ2v) is 6.96. The average Bonchev–Trinajstić information content (AvgIpc) is 3.21. The number of benzene rings is 1. The molecule has 1 aromatic carbocycles. The van der Waals surface area contributed by atoms with Gasteiger partial charge in [-0.3, -0.25) is 4.79 Å². The van der Waals surface area contributed by atoms with Crippen molar-refractivity contribution in [3.63, 3.8) is 0 Å². The Kier molecular flexibility index (Phi) is 5.84. The fourth-order valence-electron chi connectivity index (χ4n) is 3.76. The number of nitrogens with one attached hydrogen (secondary N) is 2. The van der Waals surface area contributed by atoms with E-state index in [1.807, 2.05) is 24.3 Å². The van der Waals surface area contributed by atoms with Gasteiger partial charge in [-0.2, -0.15) is 0 Å². The summed E-state index contributed by atoms with van der Waals surface area (Å²) in [4.78, 5) is 17.2. The quantitative estimate of drug-likeness (QED) is 0.532. The van der Waals surface area contributed by atoms with Crippen molar-refractivity contribution in [2.75, 3.05) is 47.1 Å². The van der Waals surface area contributed by atoms with Crippen LogP contribution in [0.25, 0.3) is 10.9 Å². The van der Waals surface area contributed by atoms with Crippen molar-refractivity contribution in [2.24, 2.45) is 0 Å². The molecule has 3 heterocycles. The maximum atomic E-state index is 13.1. The zero-order valence-corrected chi connectivity index (χ0v) is 16.6. The number of fused-ring (bicyclic) bond motifs is 1. The smallest absolute Gasteiger partial charge is 0.258 e. The Labute approximate surface area is 167 Å². The van der Waals surface area contributed by atoms with Crippen LogP contribution in [0, 0.1) is 0 Å². The molecule has 29 heavy (non-hydrogen) atoms. The van der Waals surface area contributed by atoms with Gasteiger partial charge in [-0.25, -0.2) is 4.68 Å². The van der Waals surface area contributed by atoms with Gasteiger partial charge in [0.05, 0.1) is 39.0 Å². The lowest BCUT2D eigenvalue weighted by Crippen LogP contribution is -3.14. The van der Waals surface area contributed by atoms with Gasteiger partial charge < -0.3 is 24.1 Å². The summed E-state index contributed by atoms with van der Waals surface area (Å²) < 4.78 is 17.8. The molecule has 1 fully saturated rings. The van der Waals surface area contributed by atoms with Crippen molar-refractivity contribution in [1.29, 1.82) is 0 Å². The molecule has 0 bridgehead atoms. The first-order valence-corrected chi connectivity index (χ1v) is 9.59. The summed E-state index contributed by atoms with van der Waals surface area (Å²) in [6.07, 6.45) is 0. The molecule has 3 aromatic rings. The lowest BCUT2D eigenvalue weighted by atomic mass is 10.0. The molecule has 2 aromatic heterocycles. The summed E-state index contributed by atoms with van der Waals surface area (Å²) in [5.74, 6) is 1.38. The highest BCUT2D eigenvalue weighted by Crippen LogP contribution is 2.22. The van der Waals surface area contributed by atoms with Crippen LogP contribution in [0.5, 0.6) is 5.75 Å². The van der Waals surface area contributed by atoms with Crippen molar-refractivity contribution >= 4 is 10.9 Å². The number of morpholine rings is 1. The standard InChI is InChI=1S/C19H24N6O4/c1-27-8-7-25-18(21-22-23-25)17(24-5-9-29-10-6-24)15-12-13-11-14(28-2)3-4-16(13)20-19(15)26/h3-4,11-12,17H,5-10H2,1-2H3,(H,20,26)/p+1/t17-/m1/s1. The molecule has 2 N–H and O–H groups in total. The summed E-state index contributed by atoms with van der Waals surface area (Å²) in [6.45, 7) is 3.78. The van der Waals surface area contributed by atoms with Gasteiger partial charge in [-0.15, -0.1) is 5.10 Å². The first-order chi connectivity index (χ1) is 14.2. The monoisotopic (exact) mass is 401 g/mol. The van der Waals surface area contributed by atoms with Crippen LogP contribution in [-0.4, -0.2) is 72.3 Å². The van der Waals surface area contributed by atoms with E-state index in [-0.39, 0.29) is 11.6 Å². The second-order valence-electron chi connectivity index (χ2n) is 6.96. The first-order valence-electron chi connectivity index (χ1n) is 9.59. The van der Waals surface area contributed by atoms with Gasteiger partial charge in [-0.1, -0.05) is 0 Å². The number of ether oxygens (including phenoxy) is 3. The Morgan fingerprint density at radius 3 is 2.86 bits per heavy atom. The molecule has 1 saturated heterocycles. The van der Waals surface area contributed by atoms with Crippen LogP contribution in [0.15, 0.2) is 29.1 Å². The molecule has 1 aliphatic heterocycles. The molecule has 1 aliphatic rings. The normalized spacial score (nSPS) is 16.2. The minimum Gasteiger partial charge on any atom is -0.497 e. The molecule has 4 rings (SSSR count). The molecular weight excluding hydrogens is 376 g/mol. The maximum Gasteiger partial charge on any atom is 0.258 e. The Hall–Kier alpha value is -2.82. The molecule has 0 saturated carbocycles. The lowest BCUT2D eigenvalue weighted by Gasteiger charge is -2.30. The van der Waals surface area contributed by atoms with Crippen LogP contribution in [0.1, 0.15) is 17.4 Å². The third-order valence-electron chi connectivity index (χ3n) is 5.26. The molecule has 154 valence electrons. The van der Waals surface area contributed by atoms with Gasteiger partial charge in [0.2, 0.25) is 5.82 Å². The van der Waals surface area contributed by atoms with Crippen molar-refractivity contribution in [3.8, 4) is 5.75 Å². The number of pyridine rings is 1. The van der Waals surface area contributed by atoms with Crippen molar-refractivity contribution in [2.45, 2.75) is 12.6 Å². The van der Waals surface area contributed by atoms with E-state index >= 15 is 0 Å². The Balaban J connectivity index is 1.83. The second kappa shape index (κ2) is 8.68. The van der Waals surface area contributed by atoms with Gasteiger partial charge in [0.1, 0.15) is 18.8 Å². The summed E-state index contributed by atoms with van der Waals surface area (Å²) in [6, 6.07) is 7.19. The van der Waals surface area contributed by atoms with Crippen LogP contribution in [-0.2, 0) is 16.0 Å². The molecule has 0 spiro atoms. The van der Waals surface area contributed by atoms with Gasteiger partial charge in [0, 0.05) is 18.0 Å². The van der Waals surface area contributed by atoms with Crippen LogP contribution in [0.3, 0.4) is 0 Å². The van der Waals surface area contributed by atoms with Gasteiger partial charge in [0.25, 0.3) is 5.56 Å². The number of nitrogens with zero attached hydrogens (tertiary/aromatic N) is 4. The third-order valence-corrected chi connectivity index (χ3v) is 5.26. The van der Waals surface area contributed by atoms with Gasteiger partial charge in [-0.05, 0) is 34.7 Å². The van der Waals surface area contributed by atoms with E-state index in [0.717, 1.165) is 29.7 Å². The summed E-state index contributed by atoms with van der Waals surface area (Å²) in [5, 5.41) is 13.2. The first kappa shape index (κ1) is 19.5. The largest absolute Gasteiger partial charge is 0.497 e. The van der Waals surface area contributed by atoms with Crippen molar-refractivity contribution in [3.05, 3.63) is 46.0 Å². The minimum absolute atomic E-state index is 0.145. The number of tetrazole rings is 1. The van der Waals surface area contributed by atoms with Crippen molar-refractivity contribution < 1.29 is 19.1 Å². The van der Waals surface area contributed by atoms with Gasteiger partial charge >= 0.3 is 0 Å². The van der Waals surface area contributed by atoms with Crippen LogP contribution in [0.4, 0.5) is 0 Å². The van der Waals surface area contributed by atoms with Crippen molar-refractivity contribution in [1.82, 2.24) is 25.2 Å². The zero-order valence-electron chi connectivity index (χ0n) is 16.6. The minimum atomic E-state index is -0.315. The van der Waals surface area contributed by atoms with E-state index in [1.54, 1.807) is 18.9 Å². The predicted octanol–water partition coefficient (Wildman–Crippen LogP) is -0.826. The Morgan fingerprint density at radius 1 is 1.28 bits per heavy atom. The molecule has 1 atom stereocenters. The Morgan fingerprint density at radius 2 is 2.10 bits per heavy atom. The number of aromatic nitrogens is 5. The summed E-state index contributed by atoms with van der Waals surface area (Å²) in [5.41, 5.74) is 1.23. The van der Waals surface area contributed by atoms with Crippen LogP contribution < -0.4 is 15.2 Å². The molecule has 10 heteroatoms. The number of aromatic amines is 1. The number of rotatable bonds is 7. The van der Waals surface area contributed by atoms with E-state index in [1.165, 1.54) is 4.90 Å². The fourth-order valence-corrected chi connectivity index (χ4v) is 3.76. The zero-order chi connectivity index (χ0) is 20.2. The molecule has 0 radical (unpaired) electrons. The molecule has 0 amide bonds. The number of H-pyrrole nitrogens is 1. The molecule has 0 unspecified atom stereocenters. The number of hydrogen-bond acceptors (Lipinski definition) is 7. The Bertz CT molecular complexity index is 1030. The van der Waals surface area contributed by atoms with E-state index < -0.39 is 0 Å². The maximum absolute atomic E-state index is 13.1. The topological polar surface area (TPSA) is 109 Å². The molecule has 0 aliphatic carbocycles. The van der Waals surface area contributed by atoms with E-state index in [2.05, 4.69) is 20.5 Å². The molecule has 10 nitrogen and oxygen atoms in total. The number of quaternary nitrogens is 1. The summed E-state index contributed by atoms with van der Waals surface area (Å²) in [7, 11) is 3.26. The van der Waals surface area contributed by atoms with Crippen LogP contribution >= 0.6 is 0 Å². The average molecular weight is 401 g/mol. The predicted molar refractivity (Wildman–Crippen MR) is 104 cm³/mol. The van der Waals surface area contributed by atoms with E-state index in [4.69, 9.17) is 14.2 Å². The van der Waals surface area contributed by atoms with E-state index in [9.17, 15) is 4.79 Å². The highest BCUT2D eigenvalue weighted by Gasteiger charge is 2.35. The third kappa shape index (κ3) is 4.00. The number of hydrogen-bond donors (Lipinski definition) is 2. The van der Waals surface area contributed by atoms with Crippen LogP contribution in [0.2, 0.25) is 0 Å². The van der Waals surface area contributed by atoms with E-state index in [0.29, 0.717) is 37.8 Å². The SMILES string of the molecule is COCCn1nnnc1[C@@H](c1cc2cc(OC)ccc2[nH]c1=O)[NH+]1CCOCC1. The highest BCUT2D eigenvalue weighted by atomic mass is 16.5. The lowest BCUT2D eigenvalue weighted by molar-refractivity contribution is -0.933. The molecular formula is C19H25N6O4+. The number of methoxy groups -OCH3 is 2.